The maximum atomic E-state index is 12.2. The van der Waals surface area contributed by atoms with Crippen LogP contribution in [0.15, 0.2) is 23.1 Å². The summed E-state index contributed by atoms with van der Waals surface area (Å²) >= 11 is 5.92. The summed E-state index contributed by atoms with van der Waals surface area (Å²) in [5, 5.41) is 9.21. The number of nitrogens with zero attached hydrogens (tertiary/aromatic N) is 1. The molecule has 0 spiro atoms. The first-order chi connectivity index (χ1) is 9.90. The highest BCUT2D eigenvalue weighted by atomic mass is 35.5. The van der Waals surface area contributed by atoms with Crippen LogP contribution in [0, 0.1) is 0 Å². The van der Waals surface area contributed by atoms with E-state index in [-0.39, 0.29) is 23.1 Å². The molecule has 1 rings (SSSR count). The zero-order valence-electron chi connectivity index (χ0n) is 12.2. The molecule has 0 radical (unpaired) electrons. The molecule has 21 heavy (non-hydrogen) atoms. The number of methoxy groups -OCH3 is 1. The molecule has 0 saturated heterocycles. The zero-order chi connectivity index (χ0) is 15.9. The van der Waals surface area contributed by atoms with Gasteiger partial charge in [0.2, 0.25) is 10.0 Å². The van der Waals surface area contributed by atoms with Gasteiger partial charge in [0, 0.05) is 26.7 Å². The number of hydrogen-bond acceptors (Lipinski definition) is 5. The second kappa shape index (κ2) is 8.67. The molecule has 0 aromatic heterocycles. The fraction of sp³-hybridized carbons (Fsp3) is 0.538. The Morgan fingerprint density at radius 2 is 2.10 bits per heavy atom. The normalized spacial score (nSPS) is 12.0. The van der Waals surface area contributed by atoms with E-state index in [1.54, 1.807) is 13.2 Å². The molecule has 0 bridgehead atoms. The van der Waals surface area contributed by atoms with Crippen LogP contribution in [-0.4, -0.2) is 58.8 Å². The summed E-state index contributed by atoms with van der Waals surface area (Å²) in [4.78, 5) is 1.94. The van der Waals surface area contributed by atoms with Gasteiger partial charge in [-0.15, -0.1) is 0 Å². The Hall–Kier alpha value is -0.700. The molecule has 0 fully saturated rings. The average Bonchev–Trinajstić information content (AvgIpc) is 2.45. The molecular formula is C13H21ClN2O4S. The standard InChI is InChI=1S/C13H21ClN2O4S/c1-16(7-8-20-2)6-5-15-21(18,19)13-9-11(10-17)3-4-12(13)14/h3-4,9,15,17H,5-8,10H2,1-2H3. The lowest BCUT2D eigenvalue weighted by molar-refractivity contribution is 0.162. The number of nitrogens with one attached hydrogen (secondary N) is 1. The smallest absolute Gasteiger partial charge is 0.242 e. The second-order valence-electron chi connectivity index (χ2n) is 4.62. The fourth-order valence-corrected chi connectivity index (χ4v) is 3.23. The fourth-order valence-electron chi connectivity index (χ4n) is 1.66. The number of likely N-dealkylation sites (N-methyl/N-ethyl adjacent to an activating group) is 1. The Bertz CT molecular complexity index is 551. The molecule has 0 aliphatic rings. The van der Waals surface area contributed by atoms with Crippen molar-refractivity contribution in [3.8, 4) is 0 Å². The van der Waals surface area contributed by atoms with Gasteiger partial charge >= 0.3 is 0 Å². The van der Waals surface area contributed by atoms with Crippen molar-refractivity contribution in [3.63, 3.8) is 0 Å². The number of hydrogen-bond donors (Lipinski definition) is 2. The van der Waals surface area contributed by atoms with E-state index in [9.17, 15) is 8.42 Å². The van der Waals surface area contributed by atoms with Crippen LogP contribution in [0.2, 0.25) is 5.02 Å². The minimum absolute atomic E-state index is 0.0183. The minimum atomic E-state index is -3.69. The summed E-state index contributed by atoms with van der Waals surface area (Å²) in [6, 6.07) is 4.42. The monoisotopic (exact) mass is 336 g/mol. The van der Waals surface area contributed by atoms with Crippen LogP contribution in [-0.2, 0) is 21.4 Å². The van der Waals surface area contributed by atoms with Crippen molar-refractivity contribution >= 4 is 21.6 Å². The molecule has 1 aromatic rings. The quantitative estimate of drug-likeness (QED) is 0.693. The van der Waals surface area contributed by atoms with E-state index >= 15 is 0 Å². The highest BCUT2D eigenvalue weighted by Crippen LogP contribution is 2.22. The average molecular weight is 337 g/mol. The van der Waals surface area contributed by atoms with E-state index in [0.29, 0.717) is 18.7 Å². The van der Waals surface area contributed by atoms with E-state index in [1.165, 1.54) is 12.1 Å². The Morgan fingerprint density at radius 3 is 2.71 bits per heavy atom. The van der Waals surface area contributed by atoms with E-state index in [2.05, 4.69) is 4.72 Å². The molecule has 1 aromatic carbocycles. The maximum absolute atomic E-state index is 12.2. The Kier molecular flexibility index (Phi) is 7.58. The molecule has 2 N–H and O–H groups in total. The van der Waals surface area contributed by atoms with Crippen LogP contribution in [0.25, 0.3) is 0 Å². The highest BCUT2D eigenvalue weighted by molar-refractivity contribution is 7.89. The predicted octanol–water partition coefficient (Wildman–Crippen LogP) is 0.689. The first-order valence-electron chi connectivity index (χ1n) is 6.47. The lowest BCUT2D eigenvalue weighted by Crippen LogP contribution is -2.34. The van der Waals surface area contributed by atoms with Gasteiger partial charge in [-0.1, -0.05) is 17.7 Å². The van der Waals surface area contributed by atoms with Gasteiger partial charge in [0.25, 0.3) is 0 Å². The second-order valence-corrected chi connectivity index (χ2v) is 6.76. The lowest BCUT2D eigenvalue weighted by Gasteiger charge is -2.16. The zero-order valence-corrected chi connectivity index (χ0v) is 13.7. The molecule has 8 heteroatoms. The van der Waals surface area contributed by atoms with Crippen LogP contribution in [0.4, 0.5) is 0 Å². The molecule has 0 aliphatic heterocycles. The number of benzene rings is 1. The summed E-state index contributed by atoms with van der Waals surface area (Å²) < 4.78 is 31.8. The number of ether oxygens (including phenoxy) is 1. The number of rotatable bonds is 9. The summed E-state index contributed by atoms with van der Waals surface area (Å²) in [5.74, 6) is 0. The van der Waals surface area contributed by atoms with Gasteiger partial charge in [-0.05, 0) is 24.7 Å². The lowest BCUT2D eigenvalue weighted by atomic mass is 10.2. The van der Waals surface area contributed by atoms with E-state index in [4.69, 9.17) is 21.4 Å². The van der Waals surface area contributed by atoms with Gasteiger partial charge in [-0.2, -0.15) is 0 Å². The van der Waals surface area contributed by atoms with E-state index in [0.717, 1.165) is 6.54 Å². The molecule has 0 saturated carbocycles. The van der Waals surface area contributed by atoms with Crippen molar-refractivity contribution in [2.24, 2.45) is 0 Å². The first kappa shape index (κ1) is 18.3. The highest BCUT2D eigenvalue weighted by Gasteiger charge is 2.18. The van der Waals surface area contributed by atoms with Crippen LogP contribution in [0.5, 0.6) is 0 Å². The molecule has 0 aliphatic carbocycles. The Morgan fingerprint density at radius 1 is 1.38 bits per heavy atom. The van der Waals surface area contributed by atoms with Gasteiger partial charge in [-0.25, -0.2) is 13.1 Å². The Labute approximate surface area is 130 Å². The molecule has 0 atom stereocenters. The van der Waals surface area contributed by atoms with Crippen LogP contribution in [0.3, 0.4) is 0 Å². The number of sulfonamides is 1. The number of aliphatic hydroxyl groups excluding tert-OH is 1. The van der Waals surface area contributed by atoms with E-state index in [1.807, 2.05) is 11.9 Å². The molecule has 0 heterocycles. The van der Waals surface area contributed by atoms with Gasteiger partial charge in [0.1, 0.15) is 4.90 Å². The maximum Gasteiger partial charge on any atom is 0.242 e. The third-order valence-electron chi connectivity index (χ3n) is 2.93. The van der Waals surface area contributed by atoms with Crippen molar-refractivity contribution in [3.05, 3.63) is 28.8 Å². The molecule has 0 amide bonds. The van der Waals surface area contributed by atoms with E-state index < -0.39 is 10.0 Å². The Balaban J connectivity index is 2.65. The summed E-state index contributed by atoms with van der Waals surface area (Å²) in [7, 11) is -0.191. The predicted molar refractivity (Wildman–Crippen MR) is 81.9 cm³/mol. The largest absolute Gasteiger partial charge is 0.392 e. The van der Waals surface area contributed by atoms with Crippen molar-refractivity contribution in [2.45, 2.75) is 11.5 Å². The molecular weight excluding hydrogens is 316 g/mol. The molecule has 120 valence electrons. The van der Waals surface area contributed by atoms with Gasteiger partial charge in [0.05, 0.1) is 18.2 Å². The van der Waals surface area contributed by atoms with Crippen molar-refractivity contribution in [1.82, 2.24) is 9.62 Å². The van der Waals surface area contributed by atoms with Crippen molar-refractivity contribution < 1.29 is 18.3 Å². The third kappa shape index (κ3) is 5.90. The number of aliphatic hydroxyl groups is 1. The topological polar surface area (TPSA) is 78.9 Å². The summed E-state index contributed by atoms with van der Waals surface area (Å²) in [5.41, 5.74) is 0.497. The van der Waals surface area contributed by atoms with Crippen LogP contribution in [0.1, 0.15) is 5.56 Å². The molecule has 0 unspecified atom stereocenters. The van der Waals surface area contributed by atoms with Crippen molar-refractivity contribution in [2.75, 3.05) is 40.4 Å². The SMILES string of the molecule is COCCN(C)CCNS(=O)(=O)c1cc(CO)ccc1Cl. The minimum Gasteiger partial charge on any atom is -0.392 e. The van der Waals surface area contributed by atoms with Gasteiger partial charge < -0.3 is 14.7 Å². The van der Waals surface area contributed by atoms with Crippen LogP contribution < -0.4 is 4.72 Å². The van der Waals surface area contributed by atoms with Gasteiger partial charge in [0.15, 0.2) is 0 Å². The third-order valence-corrected chi connectivity index (χ3v) is 4.87. The van der Waals surface area contributed by atoms with Gasteiger partial charge in [-0.3, -0.25) is 0 Å². The summed E-state index contributed by atoms with van der Waals surface area (Å²) in [6.07, 6.45) is 0. The number of halogens is 1. The van der Waals surface area contributed by atoms with Crippen molar-refractivity contribution in [1.29, 1.82) is 0 Å². The van der Waals surface area contributed by atoms with Crippen LogP contribution >= 0.6 is 11.6 Å². The molecule has 6 nitrogen and oxygen atoms in total. The summed E-state index contributed by atoms with van der Waals surface area (Å²) in [6.45, 7) is 1.90. The first-order valence-corrected chi connectivity index (χ1v) is 8.33.